The summed E-state index contributed by atoms with van der Waals surface area (Å²) >= 11 is 0. The SMILES string of the molecule is CCCCc1cn(C(=O)CCC)c(=O)[nH]1. The number of aromatic nitrogens is 2. The molecular weight excluding hydrogens is 192 g/mol. The van der Waals surface area contributed by atoms with Crippen molar-refractivity contribution in [2.45, 2.75) is 46.0 Å². The van der Waals surface area contributed by atoms with Crippen molar-refractivity contribution in [1.29, 1.82) is 0 Å². The summed E-state index contributed by atoms with van der Waals surface area (Å²) in [7, 11) is 0. The van der Waals surface area contributed by atoms with Gasteiger partial charge in [-0.15, -0.1) is 0 Å². The molecule has 0 bridgehead atoms. The molecule has 0 amide bonds. The van der Waals surface area contributed by atoms with Crippen molar-refractivity contribution in [1.82, 2.24) is 9.55 Å². The Labute approximate surface area is 89.3 Å². The summed E-state index contributed by atoms with van der Waals surface area (Å²) in [6.45, 7) is 4.02. The lowest BCUT2D eigenvalue weighted by Crippen LogP contribution is -2.23. The van der Waals surface area contributed by atoms with Gasteiger partial charge >= 0.3 is 5.69 Å². The molecule has 1 aromatic rings. The molecule has 0 spiro atoms. The summed E-state index contributed by atoms with van der Waals surface area (Å²) in [5, 5.41) is 0. The third-order valence-corrected chi connectivity index (χ3v) is 2.30. The van der Waals surface area contributed by atoms with E-state index in [4.69, 9.17) is 0 Å². The molecule has 1 rings (SSSR count). The third-order valence-electron chi connectivity index (χ3n) is 2.30. The molecule has 0 aliphatic heterocycles. The monoisotopic (exact) mass is 210 g/mol. The molecule has 4 nitrogen and oxygen atoms in total. The highest BCUT2D eigenvalue weighted by molar-refractivity contribution is 5.78. The lowest BCUT2D eigenvalue weighted by molar-refractivity contribution is 0.0898. The Balaban J connectivity index is 2.77. The number of carbonyl (C=O) groups is 1. The van der Waals surface area contributed by atoms with E-state index in [0.29, 0.717) is 6.42 Å². The van der Waals surface area contributed by atoms with Gasteiger partial charge in [0.25, 0.3) is 0 Å². The predicted molar refractivity (Wildman–Crippen MR) is 59.2 cm³/mol. The fraction of sp³-hybridized carbons (Fsp3) is 0.636. The molecule has 0 radical (unpaired) electrons. The maximum Gasteiger partial charge on any atom is 0.332 e. The van der Waals surface area contributed by atoms with Crippen LogP contribution in [0, 0.1) is 0 Å². The van der Waals surface area contributed by atoms with Crippen LogP contribution in [0.1, 0.15) is 50.0 Å². The van der Waals surface area contributed by atoms with Crippen LogP contribution in [0.15, 0.2) is 11.0 Å². The van der Waals surface area contributed by atoms with Crippen LogP contribution in [0.25, 0.3) is 0 Å². The average Bonchev–Trinajstić information content (AvgIpc) is 2.57. The summed E-state index contributed by atoms with van der Waals surface area (Å²) in [5.74, 6) is -0.124. The van der Waals surface area contributed by atoms with E-state index in [0.717, 1.165) is 31.4 Å². The summed E-state index contributed by atoms with van der Waals surface area (Å²) < 4.78 is 1.19. The number of hydrogen-bond donors (Lipinski definition) is 1. The fourth-order valence-electron chi connectivity index (χ4n) is 1.46. The largest absolute Gasteiger partial charge is 0.332 e. The van der Waals surface area contributed by atoms with Gasteiger partial charge in [-0.3, -0.25) is 4.79 Å². The minimum absolute atomic E-state index is 0.124. The van der Waals surface area contributed by atoms with Crippen LogP contribution in [0.2, 0.25) is 0 Å². The van der Waals surface area contributed by atoms with Crippen LogP contribution in [-0.2, 0) is 6.42 Å². The van der Waals surface area contributed by atoms with Crippen molar-refractivity contribution in [2.24, 2.45) is 0 Å². The van der Waals surface area contributed by atoms with Crippen LogP contribution in [0.4, 0.5) is 0 Å². The molecule has 0 fully saturated rings. The molecule has 0 saturated heterocycles. The first-order valence-electron chi connectivity index (χ1n) is 5.52. The summed E-state index contributed by atoms with van der Waals surface area (Å²) in [5.41, 5.74) is 0.547. The standard InChI is InChI=1S/C11H18N2O2/c1-3-5-7-9-8-13(11(15)12-9)10(14)6-4-2/h8H,3-7H2,1-2H3,(H,12,15). The number of H-pyrrole nitrogens is 1. The van der Waals surface area contributed by atoms with Gasteiger partial charge < -0.3 is 4.98 Å². The van der Waals surface area contributed by atoms with Crippen LogP contribution >= 0.6 is 0 Å². The second-order valence-corrected chi connectivity index (χ2v) is 3.70. The quantitative estimate of drug-likeness (QED) is 0.807. The first-order chi connectivity index (χ1) is 7.19. The molecule has 0 unspecified atom stereocenters. The minimum atomic E-state index is -0.306. The Bertz CT molecular complexity index is 376. The second-order valence-electron chi connectivity index (χ2n) is 3.70. The average molecular weight is 210 g/mol. The van der Waals surface area contributed by atoms with Crippen molar-refractivity contribution in [3.8, 4) is 0 Å². The number of nitrogens with zero attached hydrogens (tertiary/aromatic N) is 1. The van der Waals surface area contributed by atoms with Crippen molar-refractivity contribution in [2.75, 3.05) is 0 Å². The van der Waals surface area contributed by atoms with Gasteiger partial charge in [-0.05, 0) is 19.3 Å². The molecule has 1 heterocycles. The van der Waals surface area contributed by atoms with E-state index >= 15 is 0 Å². The first-order valence-corrected chi connectivity index (χ1v) is 5.52. The van der Waals surface area contributed by atoms with Crippen molar-refractivity contribution < 1.29 is 4.79 Å². The second kappa shape index (κ2) is 5.53. The zero-order valence-corrected chi connectivity index (χ0v) is 9.38. The number of rotatable bonds is 5. The molecule has 15 heavy (non-hydrogen) atoms. The third kappa shape index (κ3) is 3.08. The number of nitrogens with one attached hydrogen (secondary N) is 1. The molecule has 1 aromatic heterocycles. The van der Waals surface area contributed by atoms with Crippen molar-refractivity contribution in [3.63, 3.8) is 0 Å². The molecule has 0 aliphatic carbocycles. The summed E-state index contributed by atoms with van der Waals surface area (Å²) in [4.78, 5) is 25.6. The molecule has 0 aromatic carbocycles. The first kappa shape index (κ1) is 11.8. The highest BCUT2D eigenvalue weighted by Gasteiger charge is 2.08. The van der Waals surface area contributed by atoms with E-state index in [-0.39, 0.29) is 11.6 Å². The molecule has 1 N–H and O–H groups in total. The topological polar surface area (TPSA) is 54.9 Å². The zero-order chi connectivity index (χ0) is 11.3. The van der Waals surface area contributed by atoms with Gasteiger partial charge in [0.05, 0.1) is 0 Å². The normalized spacial score (nSPS) is 10.5. The van der Waals surface area contributed by atoms with Gasteiger partial charge in [0.2, 0.25) is 5.91 Å². The zero-order valence-electron chi connectivity index (χ0n) is 9.38. The highest BCUT2D eigenvalue weighted by Crippen LogP contribution is 2.01. The van der Waals surface area contributed by atoms with Crippen LogP contribution in [0.5, 0.6) is 0 Å². The molecular formula is C11H18N2O2. The van der Waals surface area contributed by atoms with Gasteiger partial charge in [0.1, 0.15) is 0 Å². The number of hydrogen-bond acceptors (Lipinski definition) is 2. The van der Waals surface area contributed by atoms with E-state index < -0.39 is 0 Å². The van der Waals surface area contributed by atoms with Crippen LogP contribution in [0.3, 0.4) is 0 Å². The Morgan fingerprint density at radius 1 is 1.40 bits per heavy atom. The van der Waals surface area contributed by atoms with Crippen LogP contribution < -0.4 is 5.69 Å². The van der Waals surface area contributed by atoms with E-state index in [1.54, 1.807) is 6.20 Å². The molecule has 0 saturated carbocycles. The molecule has 4 heteroatoms. The Morgan fingerprint density at radius 2 is 2.13 bits per heavy atom. The number of imidazole rings is 1. The lowest BCUT2D eigenvalue weighted by Gasteiger charge is -1.96. The fourth-order valence-corrected chi connectivity index (χ4v) is 1.46. The van der Waals surface area contributed by atoms with Gasteiger partial charge in [0.15, 0.2) is 0 Å². The van der Waals surface area contributed by atoms with Crippen molar-refractivity contribution >= 4 is 5.91 Å². The molecule has 0 aliphatic rings. The summed E-state index contributed by atoms with van der Waals surface area (Å²) in [6, 6.07) is 0. The minimum Gasteiger partial charge on any atom is -0.309 e. The Kier molecular flexibility index (Phi) is 4.34. The van der Waals surface area contributed by atoms with Gasteiger partial charge in [-0.25, -0.2) is 9.36 Å². The van der Waals surface area contributed by atoms with E-state index in [2.05, 4.69) is 11.9 Å². The number of aromatic amines is 1. The Hall–Kier alpha value is -1.32. The number of carbonyl (C=O) groups excluding carboxylic acids is 1. The molecule has 0 atom stereocenters. The smallest absolute Gasteiger partial charge is 0.309 e. The maximum atomic E-state index is 11.5. The van der Waals surface area contributed by atoms with E-state index in [9.17, 15) is 9.59 Å². The lowest BCUT2D eigenvalue weighted by atomic mass is 10.2. The predicted octanol–water partition coefficient (Wildman–Crippen LogP) is 1.96. The summed E-state index contributed by atoms with van der Waals surface area (Å²) in [6.07, 6.45) is 5.76. The van der Waals surface area contributed by atoms with Crippen molar-refractivity contribution in [3.05, 3.63) is 22.4 Å². The van der Waals surface area contributed by atoms with Gasteiger partial charge in [0, 0.05) is 18.3 Å². The molecule has 84 valence electrons. The van der Waals surface area contributed by atoms with E-state index in [1.165, 1.54) is 4.57 Å². The van der Waals surface area contributed by atoms with E-state index in [1.807, 2.05) is 6.92 Å². The highest BCUT2D eigenvalue weighted by atomic mass is 16.2. The van der Waals surface area contributed by atoms with Gasteiger partial charge in [-0.1, -0.05) is 20.3 Å². The number of unbranched alkanes of at least 4 members (excludes halogenated alkanes) is 1. The van der Waals surface area contributed by atoms with Gasteiger partial charge in [-0.2, -0.15) is 0 Å². The van der Waals surface area contributed by atoms with Crippen LogP contribution in [-0.4, -0.2) is 15.5 Å². The number of aryl methyl sites for hydroxylation is 1. The Morgan fingerprint density at radius 3 is 2.73 bits per heavy atom. The maximum absolute atomic E-state index is 11.5.